The molecule has 0 saturated carbocycles. The third kappa shape index (κ3) is 3.54. The van der Waals surface area contributed by atoms with Crippen molar-refractivity contribution in [2.75, 3.05) is 11.9 Å². The Balaban J connectivity index is 2.14. The number of halogens is 3. The summed E-state index contributed by atoms with van der Waals surface area (Å²) in [5.41, 5.74) is 0.244. The average Bonchev–Trinajstić information content (AvgIpc) is 2.83. The van der Waals surface area contributed by atoms with Gasteiger partial charge in [0.2, 0.25) is 0 Å². The fraction of sp³-hybridized carbons (Fsp3) is 0.286. The Hall–Kier alpha value is -2.49. The summed E-state index contributed by atoms with van der Waals surface area (Å²) in [6.07, 6.45) is -2.29. The fourth-order valence-electron chi connectivity index (χ4n) is 1.98. The van der Waals surface area contributed by atoms with Crippen LogP contribution in [-0.2, 0) is 19.6 Å². The van der Waals surface area contributed by atoms with Crippen LogP contribution in [0.3, 0.4) is 0 Å². The summed E-state index contributed by atoms with van der Waals surface area (Å²) in [4.78, 5) is 0. The van der Waals surface area contributed by atoms with Gasteiger partial charge in [0, 0.05) is 37.6 Å². The van der Waals surface area contributed by atoms with Crippen LogP contribution in [0.2, 0.25) is 0 Å². The predicted octanol–water partition coefficient (Wildman–Crippen LogP) is 2.97. The molecule has 0 aliphatic heterocycles. The highest BCUT2D eigenvalue weighted by Crippen LogP contribution is 2.35. The SMILES string of the molecule is Cn1nccc1CCNc1cc(C#N)ccc1C(F)(F)F. The highest BCUT2D eigenvalue weighted by Gasteiger charge is 2.33. The summed E-state index contributed by atoms with van der Waals surface area (Å²) in [6, 6.07) is 6.94. The standard InChI is InChI=1S/C14H13F3N4/c1-21-11(5-7-20-21)4-6-19-13-8-10(9-18)2-3-12(13)14(15,16)17/h2-3,5,7-8,19H,4,6H2,1H3. The van der Waals surface area contributed by atoms with Crippen LogP contribution in [0.25, 0.3) is 0 Å². The zero-order chi connectivity index (χ0) is 15.5. The van der Waals surface area contributed by atoms with E-state index in [2.05, 4.69) is 10.4 Å². The third-order valence-corrected chi connectivity index (χ3v) is 3.07. The van der Waals surface area contributed by atoms with Crippen molar-refractivity contribution in [2.24, 2.45) is 7.05 Å². The summed E-state index contributed by atoms with van der Waals surface area (Å²) < 4.78 is 40.4. The van der Waals surface area contributed by atoms with Gasteiger partial charge in [0.1, 0.15) is 0 Å². The molecule has 0 fully saturated rings. The summed E-state index contributed by atoms with van der Waals surface area (Å²) in [5, 5.41) is 15.5. The molecule has 2 rings (SSSR count). The van der Waals surface area contributed by atoms with Gasteiger partial charge >= 0.3 is 6.18 Å². The number of nitrogens with one attached hydrogen (secondary N) is 1. The van der Waals surface area contributed by atoms with Gasteiger partial charge in [-0.3, -0.25) is 4.68 Å². The lowest BCUT2D eigenvalue weighted by molar-refractivity contribution is -0.136. The number of anilines is 1. The van der Waals surface area contributed by atoms with E-state index in [1.165, 1.54) is 6.07 Å². The Morgan fingerprint density at radius 3 is 2.67 bits per heavy atom. The van der Waals surface area contributed by atoms with Crippen LogP contribution in [0.1, 0.15) is 16.8 Å². The number of nitriles is 1. The predicted molar refractivity (Wildman–Crippen MR) is 71.6 cm³/mol. The fourth-order valence-corrected chi connectivity index (χ4v) is 1.98. The van der Waals surface area contributed by atoms with Crippen LogP contribution in [0.4, 0.5) is 18.9 Å². The van der Waals surface area contributed by atoms with Crippen molar-refractivity contribution in [2.45, 2.75) is 12.6 Å². The molecule has 1 heterocycles. The van der Waals surface area contributed by atoms with Crippen LogP contribution >= 0.6 is 0 Å². The van der Waals surface area contributed by atoms with E-state index in [1.807, 2.05) is 6.07 Å². The van der Waals surface area contributed by atoms with Crippen LogP contribution in [0.5, 0.6) is 0 Å². The van der Waals surface area contributed by atoms with Gasteiger partial charge in [-0.15, -0.1) is 0 Å². The van der Waals surface area contributed by atoms with E-state index < -0.39 is 11.7 Å². The number of nitrogens with zero attached hydrogens (tertiary/aromatic N) is 3. The zero-order valence-electron chi connectivity index (χ0n) is 11.3. The smallest absolute Gasteiger partial charge is 0.384 e. The number of aromatic nitrogens is 2. The van der Waals surface area contributed by atoms with Crippen molar-refractivity contribution in [1.82, 2.24) is 9.78 Å². The monoisotopic (exact) mass is 294 g/mol. The molecule has 1 N–H and O–H groups in total. The summed E-state index contributed by atoms with van der Waals surface area (Å²) >= 11 is 0. The molecule has 1 aromatic carbocycles. The first-order chi connectivity index (χ1) is 9.91. The Morgan fingerprint density at radius 1 is 1.33 bits per heavy atom. The molecule has 0 unspecified atom stereocenters. The Kier molecular flexibility index (Phi) is 4.17. The molecular weight excluding hydrogens is 281 g/mol. The molecule has 0 aliphatic carbocycles. The second-order valence-electron chi connectivity index (χ2n) is 4.49. The van der Waals surface area contributed by atoms with E-state index in [-0.39, 0.29) is 11.3 Å². The zero-order valence-corrected chi connectivity index (χ0v) is 11.3. The third-order valence-electron chi connectivity index (χ3n) is 3.07. The quantitative estimate of drug-likeness (QED) is 0.943. The highest BCUT2D eigenvalue weighted by atomic mass is 19.4. The Morgan fingerprint density at radius 2 is 2.10 bits per heavy atom. The molecule has 4 nitrogen and oxygen atoms in total. The molecule has 0 spiro atoms. The van der Waals surface area contributed by atoms with Crippen LogP contribution < -0.4 is 5.32 Å². The molecular formula is C14H13F3N4. The minimum absolute atomic E-state index is 0.0799. The number of aryl methyl sites for hydroxylation is 1. The van der Waals surface area contributed by atoms with Crippen molar-refractivity contribution in [3.05, 3.63) is 47.3 Å². The van der Waals surface area contributed by atoms with E-state index in [1.54, 1.807) is 24.0 Å². The summed E-state index contributed by atoms with van der Waals surface area (Å²) in [5.74, 6) is 0. The second kappa shape index (κ2) is 5.87. The lowest BCUT2D eigenvalue weighted by atomic mass is 10.1. The van der Waals surface area contributed by atoms with Crippen molar-refractivity contribution in [1.29, 1.82) is 5.26 Å². The maximum atomic E-state index is 12.9. The summed E-state index contributed by atoms with van der Waals surface area (Å²) in [7, 11) is 1.77. The van der Waals surface area contributed by atoms with E-state index >= 15 is 0 Å². The molecule has 0 amide bonds. The van der Waals surface area contributed by atoms with Crippen molar-refractivity contribution in [3.63, 3.8) is 0 Å². The van der Waals surface area contributed by atoms with Gasteiger partial charge in [-0.2, -0.15) is 23.5 Å². The molecule has 2 aromatic rings. The van der Waals surface area contributed by atoms with Gasteiger partial charge in [-0.25, -0.2) is 0 Å². The molecule has 0 bridgehead atoms. The average molecular weight is 294 g/mol. The number of benzene rings is 1. The van der Waals surface area contributed by atoms with Gasteiger partial charge in [0.25, 0.3) is 0 Å². The van der Waals surface area contributed by atoms with E-state index in [0.717, 1.165) is 17.8 Å². The summed E-state index contributed by atoms with van der Waals surface area (Å²) in [6.45, 7) is 0.317. The van der Waals surface area contributed by atoms with Gasteiger partial charge in [-0.1, -0.05) is 0 Å². The molecule has 0 saturated heterocycles. The lowest BCUT2D eigenvalue weighted by Gasteiger charge is -2.14. The Labute approximate surface area is 119 Å². The van der Waals surface area contributed by atoms with Crippen LogP contribution in [0, 0.1) is 11.3 Å². The van der Waals surface area contributed by atoms with Gasteiger partial charge in [0.15, 0.2) is 0 Å². The van der Waals surface area contributed by atoms with Crippen molar-refractivity contribution >= 4 is 5.69 Å². The largest absolute Gasteiger partial charge is 0.418 e. The maximum Gasteiger partial charge on any atom is 0.418 e. The van der Waals surface area contributed by atoms with Crippen LogP contribution in [0.15, 0.2) is 30.5 Å². The normalized spacial score (nSPS) is 11.2. The highest BCUT2D eigenvalue weighted by molar-refractivity contribution is 5.57. The Bertz CT molecular complexity index is 668. The van der Waals surface area contributed by atoms with Crippen molar-refractivity contribution < 1.29 is 13.2 Å². The van der Waals surface area contributed by atoms with Gasteiger partial charge < -0.3 is 5.32 Å². The molecule has 21 heavy (non-hydrogen) atoms. The molecule has 7 heteroatoms. The lowest BCUT2D eigenvalue weighted by Crippen LogP contribution is -2.14. The molecule has 0 radical (unpaired) electrons. The van der Waals surface area contributed by atoms with Gasteiger partial charge in [0.05, 0.1) is 17.2 Å². The first-order valence-electron chi connectivity index (χ1n) is 6.24. The molecule has 1 aromatic heterocycles. The van der Waals surface area contributed by atoms with Crippen molar-refractivity contribution in [3.8, 4) is 6.07 Å². The number of hydrogen-bond acceptors (Lipinski definition) is 3. The molecule has 110 valence electrons. The van der Waals surface area contributed by atoms with Gasteiger partial charge in [-0.05, 0) is 24.3 Å². The molecule has 0 atom stereocenters. The first-order valence-corrected chi connectivity index (χ1v) is 6.24. The maximum absolute atomic E-state index is 12.9. The minimum Gasteiger partial charge on any atom is -0.384 e. The van der Waals surface area contributed by atoms with Crippen LogP contribution in [-0.4, -0.2) is 16.3 Å². The number of rotatable bonds is 4. The van der Waals surface area contributed by atoms with E-state index in [0.29, 0.717) is 13.0 Å². The topological polar surface area (TPSA) is 53.6 Å². The minimum atomic E-state index is -4.46. The molecule has 0 aliphatic rings. The first kappa shape index (κ1) is 14.9. The second-order valence-corrected chi connectivity index (χ2v) is 4.49. The number of alkyl halides is 3. The van der Waals surface area contributed by atoms with E-state index in [9.17, 15) is 13.2 Å². The number of hydrogen-bond donors (Lipinski definition) is 1. The van der Waals surface area contributed by atoms with E-state index in [4.69, 9.17) is 5.26 Å².